The highest BCUT2D eigenvalue weighted by Gasteiger charge is 2.22. The summed E-state index contributed by atoms with van der Waals surface area (Å²) >= 11 is 0. The zero-order chi connectivity index (χ0) is 7.84. The first-order chi connectivity index (χ1) is 5.27. The first kappa shape index (κ1) is 6.27. The minimum absolute atomic E-state index is 0.0625. The zero-order valence-corrected chi connectivity index (χ0v) is 6.05. The number of nitrogens with one attached hydrogen (secondary N) is 2. The molecule has 4 nitrogen and oxygen atoms in total. The smallest absolute Gasteiger partial charge is 0.248 e. The molecule has 1 atom stereocenters. The number of anilines is 2. The van der Waals surface area contributed by atoms with Crippen LogP contribution in [0.5, 0.6) is 0 Å². The average molecular weight is 152 g/mol. The number of hydrogen-bond donors (Lipinski definition) is 2. The van der Waals surface area contributed by atoms with Gasteiger partial charge in [0.05, 0.1) is 12.0 Å². The summed E-state index contributed by atoms with van der Waals surface area (Å²) in [7, 11) is 0. The van der Waals surface area contributed by atoms with E-state index in [1.165, 1.54) is 6.26 Å². The fourth-order valence-electron chi connectivity index (χ4n) is 1.04. The number of amides is 1. The van der Waals surface area contributed by atoms with Crippen molar-refractivity contribution in [3.63, 3.8) is 0 Å². The van der Waals surface area contributed by atoms with Gasteiger partial charge in [0.1, 0.15) is 6.04 Å². The summed E-state index contributed by atoms with van der Waals surface area (Å²) in [5.74, 6) is 0.445. The molecule has 58 valence electrons. The molecule has 0 radical (unpaired) electrons. The van der Waals surface area contributed by atoms with Crippen molar-refractivity contribution in [1.82, 2.24) is 0 Å². The first-order valence-corrected chi connectivity index (χ1v) is 3.42. The maximum atomic E-state index is 11.0. The normalized spacial score (nSPS) is 21.9. The molecule has 0 aromatic carbocycles. The molecule has 2 rings (SSSR count). The third kappa shape index (κ3) is 0.869. The quantitative estimate of drug-likeness (QED) is 0.583. The summed E-state index contributed by atoms with van der Waals surface area (Å²) in [6.45, 7) is 1.80. The predicted molar refractivity (Wildman–Crippen MR) is 40.4 cm³/mol. The van der Waals surface area contributed by atoms with E-state index in [2.05, 4.69) is 10.6 Å². The van der Waals surface area contributed by atoms with Crippen LogP contribution in [0.3, 0.4) is 0 Å². The third-order valence-electron chi connectivity index (χ3n) is 1.67. The van der Waals surface area contributed by atoms with Crippen LogP contribution in [-0.2, 0) is 4.79 Å². The zero-order valence-electron chi connectivity index (χ0n) is 6.05. The summed E-state index contributed by atoms with van der Waals surface area (Å²) in [6, 6.07) is 1.60. The van der Waals surface area contributed by atoms with Gasteiger partial charge in [-0.25, -0.2) is 0 Å². The maximum Gasteiger partial charge on any atom is 0.248 e. The molecular formula is C7H8N2O2. The molecular weight excluding hydrogens is 144 g/mol. The monoisotopic (exact) mass is 152 g/mol. The van der Waals surface area contributed by atoms with Gasteiger partial charge in [0.25, 0.3) is 0 Å². The van der Waals surface area contributed by atoms with Crippen LogP contribution in [0, 0.1) is 0 Å². The lowest BCUT2D eigenvalue weighted by Crippen LogP contribution is -2.35. The van der Waals surface area contributed by atoms with Crippen LogP contribution >= 0.6 is 0 Å². The van der Waals surface area contributed by atoms with E-state index >= 15 is 0 Å². The molecule has 1 aliphatic heterocycles. The van der Waals surface area contributed by atoms with Gasteiger partial charge in [0.15, 0.2) is 0 Å². The van der Waals surface area contributed by atoms with Crippen molar-refractivity contribution < 1.29 is 9.21 Å². The SMILES string of the molecule is CC1Nc2ccoc2NC1=O. The Hall–Kier alpha value is -1.45. The summed E-state index contributed by atoms with van der Waals surface area (Å²) < 4.78 is 4.98. The van der Waals surface area contributed by atoms with Crippen molar-refractivity contribution >= 4 is 17.5 Å². The van der Waals surface area contributed by atoms with Gasteiger partial charge in [-0.15, -0.1) is 0 Å². The summed E-state index contributed by atoms with van der Waals surface area (Å²) in [6.07, 6.45) is 1.54. The molecule has 0 saturated heterocycles. The second kappa shape index (κ2) is 2.02. The standard InChI is InChI=1S/C7H8N2O2/c1-4-6(10)9-7-5(8-4)2-3-11-7/h2-4,8H,1H3,(H,9,10). The molecule has 0 aliphatic carbocycles. The van der Waals surface area contributed by atoms with Gasteiger partial charge in [-0.2, -0.15) is 0 Å². The van der Waals surface area contributed by atoms with Gasteiger partial charge in [-0.05, 0) is 6.92 Å². The van der Waals surface area contributed by atoms with Crippen molar-refractivity contribution in [2.45, 2.75) is 13.0 Å². The summed E-state index contributed by atoms with van der Waals surface area (Å²) in [4.78, 5) is 11.0. The van der Waals surface area contributed by atoms with Crippen LogP contribution in [0.25, 0.3) is 0 Å². The van der Waals surface area contributed by atoms with Gasteiger partial charge >= 0.3 is 0 Å². The van der Waals surface area contributed by atoms with E-state index in [9.17, 15) is 4.79 Å². The van der Waals surface area contributed by atoms with Gasteiger partial charge in [0.2, 0.25) is 11.8 Å². The molecule has 1 aliphatic rings. The first-order valence-electron chi connectivity index (χ1n) is 3.42. The molecule has 1 aromatic heterocycles. The predicted octanol–water partition coefficient (Wildman–Crippen LogP) is 1.03. The Morgan fingerprint density at radius 1 is 1.64 bits per heavy atom. The highest BCUT2D eigenvalue weighted by Crippen LogP contribution is 2.26. The Balaban J connectivity index is 2.37. The van der Waals surface area contributed by atoms with Crippen molar-refractivity contribution in [2.24, 2.45) is 0 Å². The Morgan fingerprint density at radius 3 is 3.27 bits per heavy atom. The number of rotatable bonds is 0. The molecule has 1 amide bonds. The minimum atomic E-state index is -0.180. The lowest BCUT2D eigenvalue weighted by Gasteiger charge is -2.19. The van der Waals surface area contributed by atoms with E-state index in [1.54, 1.807) is 13.0 Å². The molecule has 0 fully saturated rings. The lowest BCUT2D eigenvalue weighted by atomic mass is 10.2. The van der Waals surface area contributed by atoms with Gasteiger partial charge in [-0.3, -0.25) is 10.1 Å². The van der Waals surface area contributed by atoms with Gasteiger partial charge in [-0.1, -0.05) is 0 Å². The molecule has 0 bridgehead atoms. The second-order valence-corrected chi connectivity index (χ2v) is 2.52. The van der Waals surface area contributed by atoms with Gasteiger partial charge < -0.3 is 9.73 Å². The van der Waals surface area contributed by atoms with E-state index in [4.69, 9.17) is 4.42 Å². The van der Waals surface area contributed by atoms with Crippen molar-refractivity contribution in [2.75, 3.05) is 10.6 Å². The van der Waals surface area contributed by atoms with Crippen LogP contribution in [0.2, 0.25) is 0 Å². The Labute approximate surface area is 63.6 Å². The van der Waals surface area contributed by atoms with E-state index in [0.29, 0.717) is 5.88 Å². The molecule has 2 N–H and O–H groups in total. The maximum absolute atomic E-state index is 11.0. The average Bonchev–Trinajstić information content (AvgIpc) is 2.36. The number of furan rings is 1. The molecule has 1 unspecified atom stereocenters. The largest absolute Gasteiger partial charge is 0.446 e. The molecule has 0 spiro atoms. The summed E-state index contributed by atoms with van der Waals surface area (Å²) in [5.41, 5.74) is 0.845. The highest BCUT2D eigenvalue weighted by atomic mass is 16.3. The van der Waals surface area contributed by atoms with Crippen molar-refractivity contribution in [3.8, 4) is 0 Å². The molecule has 4 heteroatoms. The number of carbonyl (C=O) groups excluding carboxylic acids is 1. The van der Waals surface area contributed by atoms with Crippen LogP contribution in [0.1, 0.15) is 6.92 Å². The van der Waals surface area contributed by atoms with E-state index in [-0.39, 0.29) is 11.9 Å². The molecule has 1 aromatic rings. The van der Waals surface area contributed by atoms with E-state index in [0.717, 1.165) is 5.69 Å². The third-order valence-corrected chi connectivity index (χ3v) is 1.67. The molecule has 11 heavy (non-hydrogen) atoms. The van der Waals surface area contributed by atoms with E-state index in [1.807, 2.05) is 0 Å². The Kier molecular flexibility index (Phi) is 1.15. The van der Waals surface area contributed by atoms with Crippen molar-refractivity contribution in [3.05, 3.63) is 12.3 Å². The molecule has 0 saturated carbocycles. The lowest BCUT2D eigenvalue weighted by molar-refractivity contribution is -0.116. The number of fused-ring (bicyclic) bond motifs is 1. The Morgan fingerprint density at radius 2 is 2.45 bits per heavy atom. The van der Waals surface area contributed by atoms with Crippen molar-refractivity contribution in [1.29, 1.82) is 0 Å². The van der Waals surface area contributed by atoms with E-state index < -0.39 is 0 Å². The second-order valence-electron chi connectivity index (χ2n) is 2.52. The highest BCUT2D eigenvalue weighted by molar-refractivity contribution is 6.00. The molecule has 2 heterocycles. The van der Waals surface area contributed by atoms with Crippen LogP contribution < -0.4 is 10.6 Å². The summed E-state index contributed by atoms with van der Waals surface area (Å²) in [5, 5.41) is 5.61. The van der Waals surface area contributed by atoms with Crippen LogP contribution in [0.4, 0.5) is 11.6 Å². The minimum Gasteiger partial charge on any atom is -0.446 e. The van der Waals surface area contributed by atoms with Gasteiger partial charge in [0, 0.05) is 6.07 Å². The fourth-order valence-corrected chi connectivity index (χ4v) is 1.04. The number of hydrogen-bond acceptors (Lipinski definition) is 3. The topological polar surface area (TPSA) is 54.3 Å². The number of carbonyl (C=O) groups is 1. The van der Waals surface area contributed by atoms with Crippen LogP contribution in [-0.4, -0.2) is 11.9 Å². The van der Waals surface area contributed by atoms with Crippen LogP contribution in [0.15, 0.2) is 16.7 Å². The Bertz CT molecular complexity index is 292. The fraction of sp³-hybridized carbons (Fsp3) is 0.286.